The van der Waals surface area contributed by atoms with Crippen LogP contribution in [0.4, 0.5) is 5.82 Å². The van der Waals surface area contributed by atoms with Crippen LogP contribution in [-0.2, 0) is 4.79 Å². The Balaban J connectivity index is 1.13. The number of hydrogen-bond acceptors (Lipinski definition) is 8. The number of Topliss-reactive ketones (excluding diaryl/α,β-unsaturated/α-hetero) is 1. The predicted molar refractivity (Wildman–Crippen MR) is 124 cm³/mol. The molecule has 3 aromatic rings. The molecule has 9 heteroatoms. The van der Waals surface area contributed by atoms with Crippen molar-refractivity contribution in [2.24, 2.45) is 0 Å². The molecule has 5 rings (SSSR count). The fourth-order valence-corrected chi connectivity index (χ4v) is 3.91. The summed E-state index contributed by atoms with van der Waals surface area (Å²) in [4.78, 5) is 27.8. The van der Waals surface area contributed by atoms with Crippen molar-refractivity contribution in [3.8, 4) is 28.5 Å². The molecule has 9 nitrogen and oxygen atoms in total. The van der Waals surface area contributed by atoms with E-state index >= 15 is 0 Å². The average Bonchev–Trinajstić information content (AvgIpc) is 3.36. The van der Waals surface area contributed by atoms with Gasteiger partial charge < -0.3 is 24.0 Å². The molecule has 0 radical (unpaired) electrons. The van der Waals surface area contributed by atoms with Crippen molar-refractivity contribution in [2.45, 2.75) is 6.92 Å². The summed E-state index contributed by atoms with van der Waals surface area (Å²) in [6.45, 7) is 4.20. The smallest absolute Gasteiger partial charge is 0.260 e. The van der Waals surface area contributed by atoms with Gasteiger partial charge in [0.05, 0.1) is 5.69 Å². The number of benzene rings is 2. The van der Waals surface area contributed by atoms with E-state index in [1.807, 2.05) is 30.3 Å². The Hall–Kier alpha value is -4.14. The molecule has 0 saturated carbocycles. The van der Waals surface area contributed by atoms with Crippen LogP contribution in [0.3, 0.4) is 0 Å². The highest BCUT2D eigenvalue weighted by Gasteiger charge is 2.23. The van der Waals surface area contributed by atoms with Crippen LogP contribution in [0.25, 0.3) is 11.3 Å². The zero-order chi connectivity index (χ0) is 23.5. The van der Waals surface area contributed by atoms with Crippen molar-refractivity contribution >= 4 is 17.5 Å². The maximum absolute atomic E-state index is 12.6. The molecule has 1 saturated heterocycles. The number of anilines is 1. The van der Waals surface area contributed by atoms with E-state index in [1.165, 1.54) is 6.92 Å². The average molecular weight is 460 g/mol. The van der Waals surface area contributed by atoms with Gasteiger partial charge in [-0.25, -0.2) is 0 Å². The topological polar surface area (TPSA) is 94.1 Å². The van der Waals surface area contributed by atoms with E-state index in [2.05, 4.69) is 15.1 Å². The standard InChI is InChI=1S/C25H24N4O5/c1-17(30)18-2-5-20(6-3-18)32-15-25(31)29-12-10-28(11-13-29)24-9-7-21(26-27-24)19-4-8-22-23(14-19)34-16-33-22/h2-9,14H,10-13,15-16H2,1H3. The van der Waals surface area contributed by atoms with Crippen LogP contribution in [0, 0.1) is 0 Å². The molecule has 0 atom stereocenters. The second kappa shape index (κ2) is 9.38. The summed E-state index contributed by atoms with van der Waals surface area (Å²) in [5, 5.41) is 8.76. The number of piperazine rings is 1. The number of fused-ring (bicyclic) bond motifs is 1. The monoisotopic (exact) mass is 460 g/mol. The van der Waals surface area contributed by atoms with Crippen LogP contribution in [0.1, 0.15) is 17.3 Å². The Morgan fingerprint density at radius 1 is 0.912 bits per heavy atom. The Morgan fingerprint density at radius 2 is 1.68 bits per heavy atom. The van der Waals surface area contributed by atoms with Crippen molar-refractivity contribution in [3.05, 3.63) is 60.2 Å². The lowest BCUT2D eigenvalue weighted by Gasteiger charge is -2.35. The number of ketones is 1. The third-order valence-electron chi connectivity index (χ3n) is 5.90. The number of aromatic nitrogens is 2. The van der Waals surface area contributed by atoms with Crippen molar-refractivity contribution in [3.63, 3.8) is 0 Å². The summed E-state index contributed by atoms with van der Waals surface area (Å²) in [7, 11) is 0. The molecule has 34 heavy (non-hydrogen) atoms. The van der Waals surface area contributed by atoms with Crippen LogP contribution in [-0.4, -0.2) is 66.4 Å². The lowest BCUT2D eigenvalue weighted by atomic mass is 10.1. The molecule has 1 aromatic heterocycles. The molecule has 174 valence electrons. The second-order valence-corrected chi connectivity index (χ2v) is 8.08. The maximum atomic E-state index is 12.6. The van der Waals surface area contributed by atoms with Gasteiger partial charge in [0.15, 0.2) is 29.7 Å². The van der Waals surface area contributed by atoms with Crippen LogP contribution in [0.2, 0.25) is 0 Å². The first-order chi connectivity index (χ1) is 16.6. The first-order valence-corrected chi connectivity index (χ1v) is 11.1. The second-order valence-electron chi connectivity index (χ2n) is 8.08. The summed E-state index contributed by atoms with van der Waals surface area (Å²) >= 11 is 0. The summed E-state index contributed by atoms with van der Waals surface area (Å²) < 4.78 is 16.4. The molecule has 1 amide bonds. The van der Waals surface area contributed by atoms with E-state index in [4.69, 9.17) is 14.2 Å². The highest BCUT2D eigenvalue weighted by atomic mass is 16.7. The molecule has 0 N–H and O–H groups in total. The summed E-state index contributed by atoms with van der Waals surface area (Å²) in [5.74, 6) is 2.71. The zero-order valence-electron chi connectivity index (χ0n) is 18.8. The molecule has 0 bridgehead atoms. The fraction of sp³-hybridized carbons (Fsp3) is 0.280. The number of hydrogen-bond donors (Lipinski definition) is 0. The van der Waals surface area contributed by atoms with Gasteiger partial charge in [0.25, 0.3) is 5.91 Å². The van der Waals surface area contributed by atoms with E-state index in [1.54, 1.807) is 29.2 Å². The van der Waals surface area contributed by atoms with Gasteiger partial charge in [-0.3, -0.25) is 9.59 Å². The van der Waals surface area contributed by atoms with Gasteiger partial charge in [-0.1, -0.05) is 0 Å². The molecule has 0 aliphatic carbocycles. The highest BCUT2D eigenvalue weighted by Crippen LogP contribution is 2.35. The largest absolute Gasteiger partial charge is 0.484 e. The minimum atomic E-state index is -0.0699. The van der Waals surface area contributed by atoms with E-state index in [-0.39, 0.29) is 25.1 Å². The molecule has 2 aromatic carbocycles. The molecule has 3 heterocycles. The Morgan fingerprint density at radius 3 is 2.38 bits per heavy atom. The van der Waals surface area contributed by atoms with Crippen LogP contribution < -0.4 is 19.1 Å². The van der Waals surface area contributed by atoms with E-state index in [0.29, 0.717) is 43.2 Å². The summed E-state index contributed by atoms with van der Waals surface area (Å²) in [6.07, 6.45) is 0. The lowest BCUT2D eigenvalue weighted by Crippen LogP contribution is -2.50. The Bertz CT molecular complexity index is 1190. The number of ether oxygens (including phenoxy) is 3. The third kappa shape index (κ3) is 4.63. The van der Waals surface area contributed by atoms with Gasteiger partial charge in [-0.15, -0.1) is 10.2 Å². The number of carbonyl (C=O) groups excluding carboxylic acids is 2. The van der Waals surface area contributed by atoms with Crippen LogP contribution in [0.15, 0.2) is 54.6 Å². The summed E-state index contributed by atoms with van der Waals surface area (Å²) in [5.41, 5.74) is 2.28. The van der Waals surface area contributed by atoms with Gasteiger partial charge in [0, 0.05) is 37.3 Å². The van der Waals surface area contributed by atoms with E-state index in [0.717, 1.165) is 22.8 Å². The van der Waals surface area contributed by atoms with Crippen molar-refractivity contribution < 1.29 is 23.8 Å². The molecule has 1 fully saturated rings. The van der Waals surface area contributed by atoms with E-state index < -0.39 is 0 Å². The Labute approximate surface area is 196 Å². The molecule has 0 unspecified atom stereocenters. The molecule has 2 aliphatic heterocycles. The van der Waals surface area contributed by atoms with Gasteiger partial charge in [-0.05, 0) is 61.5 Å². The van der Waals surface area contributed by atoms with Crippen molar-refractivity contribution in [1.29, 1.82) is 0 Å². The predicted octanol–water partition coefficient (Wildman–Crippen LogP) is 2.80. The van der Waals surface area contributed by atoms with Crippen molar-refractivity contribution in [1.82, 2.24) is 15.1 Å². The highest BCUT2D eigenvalue weighted by molar-refractivity contribution is 5.94. The van der Waals surface area contributed by atoms with Crippen LogP contribution >= 0.6 is 0 Å². The first kappa shape index (κ1) is 21.7. The number of rotatable bonds is 6. The minimum Gasteiger partial charge on any atom is -0.484 e. The quantitative estimate of drug-likeness (QED) is 0.519. The molecule has 0 spiro atoms. The molecular weight excluding hydrogens is 436 g/mol. The third-order valence-corrected chi connectivity index (χ3v) is 5.90. The van der Waals surface area contributed by atoms with Gasteiger partial charge in [0.2, 0.25) is 6.79 Å². The normalized spacial score (nSPS) is 14.7. The number of nitrogens with zero attached hydrogens (tertiary/aromatic N) is 4. The lowest BCUT2D eigenvalue weighted by molar-refractivity contribution is -0.133. The molecular formula is C25H24N4O5. The van der Waals surface area contributed by atoms with Gasteiger partial charge in [-0.2, -0.15) is 0 Å². The molecule has 2 aliphatic rings. The van der Waals surface area contributed by atoms with E-state index in [9.17, 15) is 9.59 Å². The van der Waals surface area contributed by atoms with Gasteiger partial charge in [0.1, 0.15) is 5.75 Å². The van der Waals surface area contributed by atoms with Crippen molar-refractivity contribution in [2.75, 3.05) is 44.5 Å². The number of carbonyl (C=O) groups is 2. The minimum absolute atomic E-state index is 0.00671. The maximum Gasteiger partial charge on any atom is 0.260 e. The van der Waals surface area contributed by atoms with Gasteiger partial charge >= 0.3 is 0 Å². The fourth-order valence-electron chi connectivity index (χ4n) is 3.91. The first-order valence-electron chi connectivity index (χ1n) is 11.1. The SMILES string of the molecule is CC(=O)c1ccc(OCC(=O)N2CCN(c3ccc(-c4ccc5c(c4)OCO5)nn3)CC2)cc1. The zero-order valence-corrected chi connectivity index (χ0v) is 18.8. The number of amides is 1. The van der Waals surface area contributed by atoms with Crippen LogP contribution in [0.5, 0.6) is 17.2 Å². The Kier molecular flexibility index (Phi) is 5.99. The summed E-state index contributed by atoms with van der Waals surface area (Å²) in [6, 6.07) is 16.4.